The minimum absolute atomic E-state index is 0.00389. The van der Waals surface area contributed by atoms with E-state index in [9.17, 15) is 9.18 Å². The van der Waals surface area contributed by atoms with Crippen LogP contribution >= 0.6 is 11.6 Å². The highest BCUT2D eigenvalue weighted by molar-refractivity contribution is 6.30. The maximum absolute atomic E-state index is 13.4. The van der Waals surface area contributed by atoms with Crippen molar-refractivity contribution in [2.75, 3.05) is 13.7 Å². The van der Waals surface area contributed by atoms with Crippen molar-refractivity contribution in [1.29, 1.82) is 0 Å². The quantitative estimate of drug-likeness (QED) is 0.516. The molecule has 0 atom stereocenters. The van der Waals surface area contributed by atoms with Crippen molar-refractivity contribution < 1.29 is 27.8 Å². The molecule has 3 aromatic rings. The van der Waals surface area contributed by atoms with Crippen LogP contribution in [0.1, 0.15) is 30.5 Å². The number of rotatable bonds is 9. The Morgan fingerprint density at radius 1 is 1.22 bits per heavy atom. The first-order valence-corrected chi connectivity index (χ1v) is 10.2. The molecule has 0 radical (unpaired) electrons. The standard InChI is InChI=1S/C21H20ClFN4O5/c1-29-19-5-3-15(9-24-19)31-11-20-26-27-21(32-20)12-6-13(7-12)25-18(28)10-30-14-2-4-16(22)17(23)8-14/h2-5,8-9,12-13H,6-7,10-11H2,1H3,(H,25,28). The van der Waals surface area contributed by atoms with Gasteiger partial charge in [0.1, 0.15) is 17.3 Å². The van der Waals surface area contributed by atoms with Gasteiger partial charge in [-0.25, -0.2) is 9.37 Å². The second-order valence-corrected chi connectivity index (χ2v) is 7.56. The largest absolute Gasteiger partial charge is 0.484 e. The van der Waals surface area contributed by atoms with Crippen molar-refractivity contribution in [1.82, 2.24) is 20.5 Å². The summed E-state index contributed by atoms with van der Waals surface area (Å²) >= 11 is 5.62. The molecule has 1 aliphatic rings. The van der Waals surface area contributed by atoms with Crippen LogP contribution in [-0.4, -0.2) is 40.8 Å². The van der Waals surface area contributed by atoms with Crippen LogP contribution in [-0.2, 0) is 11.4 Å². The van der Waals surface area contributed by atoms with E-state index in [2.05, 4.69) is 20.5 Å². The first kappa shape index (κ1) is 21.8. The number of hydrogen-bond acceptors (Lipinski definition) is 8. The molecule has 1 saturated carbocycles. The van der Waals surface area contributed by atoms with Crippen LogP contribution in [0.25, 0.3) is 0 Å². The highest BCUT2D eigenvalue weighted by Crippen LogP contribution is 2.36. The molecular formula is C21H20ClFN4O5. The fourth-order valence-electron chi connectivity index (χ4n) is 3.13. The van der Waals surface area contributed by atoms with Gasteiger partial charge >= 0.3 is 0 Å². The Morgan fingerprint density at radius 2 is 2.03 bits per heavy atom. The summed E-state index contributed by atoms with van der Waals surface area (Å²) in [7, 11) is 1.54. The Balaban J connectivity index is 1.18. The Hall–Kier alpha value is -3.40. The van der Waals surface area contributed by atoms with Gasteiger partial charge in [0, 0.05) is 24.1 Å². The monoisotopic (exact) mass is 462 g/mol. The fourth-order valence-corrected chi connectivity index (χ4v) is 3.25. The van der Waals surface area contributed by atoms with Crippen LogP contribution in [0.2, 0.25) is 5.02 Å². The zero-order chi connectivity index (χ0) is 22.5. The molecule has 2 aromatic heterocycles. The van der Waals surface area contributed by atoms with Crippen LogP contribution < -0.4 is 19.5 Å². The van der Waals surface area contributed by atoms with E-state index < -0.39 is 5.82 Å². The number of benzene rings is 1. The zero-order valence-corrected chi connectivity index (χ0v) is 17.8. The van der Waals surface area contributed by atoms with Crippen LogP contribution in [0.4, 0.5) is 4.39 Å². The molecule has 0 unspecified atom stereocenters. The summed E-state index contributed by atoms with van der Waals surface area (Å²) in [5.74, 6) is 1.32. The van der Waals surface area contributed by atoms with Gasteiger partial charge in [-0.15, -0.1) is 10.2 Å². The van der Waals surface area contributed by atoms with Crippen LogP contribution in [0.5, 0.6) is 17.4 Å². The van der Waals surface area contributed by atoms with Gasteiger partial charge in [-0.05, 0) is 31.0 Å². The molecule has 1 fully saturated rings. The summed E-state index contributed by atoms with van der Waals surface area (Å²) in [6.07, 6.45) is 2.89. The average Bonchev–Trinajstić information content (AvgIpc) is 3.24. The molecule has 0 spiro atoms. The lowest BCUT2D eigenvalue weighted by Gasteiger charge is -2.33. The molecule has 168 valence electrons. The number of halogens is 2. The molecule has 1 aliphatic carbocycles. The van der Waals surface area contributed by atoms with E-state index >= 15 is 0 Å². The first-order valence-electron chi connectivity index (χ1n) is 9.82. The fraction of sp³-hybridized carbons (Fsp3) is 0.333. The van der Waals surface area contributed by atoms with E-state index in [0.717, 1.165) is 6.07 Å². The molecule has 1 N–H and O–H groups in total. The number of carbonyl (C=O) groups is 1. The van der Waals surface area contributed by atoms with Crippen molar-refractivity contribution in [2.45, 2.75) is 31.4 Å². The zero-order valence-electron chi connectivity index (χ0n) is 17.1. The third-order valence-electron chi connectivity index (χ3n) is 4.88. The highest BCUT2D eigenvalue weighted by Gasteiger charge is 2.35. The van der Waals surface area contributed by atoms with E-state index in [4.69, 9.17) is 30.2 Å². The Morgan fingerprint density at radius 3 is 2.75 bits per heavy atom. The van der Waals surface area contributed by atoms with E-state index in [1.54, 1.807) is 18.3 Å². The topological polar surface area (TPSA) is 109 Å². The molecule has 9 nitrogen and oxygen atoms in total. The van der Waals surface area contributed by atoms with Gasteiger partial charge in [0.15, 0.2) is 13.2 Å². The maximum Gasteiger partial charge on any atom is 0.258 e. The van der Waals surface area contributed by atoms with Crippen molar-refractivity contribution in [2.24, 2.45) is 0 Å². The summed E-state index contributed by atoms with van der Waals surface area (Å²) < 4.78 is 34.9. The molecule has 1 aromatic carbocycles. The lowest BCUT2D eigenvalue weighted by atomic mass is 9.80. The molecule has 4 rings (SSSR count). The molecule has 1 amide bonds. The van der Waals surface area contributed by atoms with Gasteiger partial charge in [-0.1, -0.05) is 11.6 Å². The number of methoxy groups -OCH3 is 1. The summed E-state index contributed by atoms with van der Waals surface area (Å²) in [4.78, 5) is 16.1. The number of hydrogen-bond donors (Lipinski definition) is 1. The van der Waals surface area contributed by atoms with E-state index in [1.165, 1.54) is 19.2 Å². The molecule has 11 heteroatoms. The molecule has 32 heavy (non-hydrogen) atoms. The average molecular weight is 463 g/mol. The lowest BCUT2D eigenvalue weighted by molar-refractivity contribution is -0.124. The van der Waals surface area contributed by atoms with E-state index in [0.29, 0.717) is 36.3 Å². The third-order valence-corrected chi connectivity index (χ3v) is 5.18. The minimum atomic E-state index is -0.601. The van der Waals surface area contributed by atoms with E-state index in [-0.39, 0.29) is 41.9 Å². The number of pyridine rings is 1. The SMILES string of the molecule is COc1ccc(OCc2nnc(C3CC(NC(=O)COc4ccc(Cl)c(F)c4)C3)o2)cn1. The van der Waals surface area contributed by atoms with Gasteiger partial charge in [-0.3, -0.25) is 4.79 Å². The van der Waals surface area contributed by atoms with Gasteiger partial charge in [0.25, 0.3) is 11.8 Å². The van der Waals surface area contributed by atoms with Gasteiger partial charge in [0.05, 0.1) is 18.3 Å². The second kappa shape index (κ2) is 9.82. The Kier molecular flexibility index (Phi) is 6.69. The van der Waals surface area contributed by atoms with Crippen LogP contribution in [0, 0.1) is 5.82 Å². The summed E-state index contributed by atoms with van der Waals surface area (Å²) in [5.41, 5.74) is 0. The number of nitrogens with zero attached hydrogens (tertiary/aromatic N) is 3. The third kappa shape index (κ3) is 5.44. The van der Waals surface area contributed by atoms with Crippen molar-refractivity contribution in [3.8, 4) is 17.4 Å². The predicted molar refractivity (Wildman–Crippen MR) is 110 cm³/mol. The number of carbonyl (C=O) groups excluding carboxylic acids is 1. The summed E-state index contributed by atoms with van der Waals surface area (Å²) in [5, 5.41) is 10.9. The maximum atomic E-state index is 13.4. The first-order chi connectivity index (χ1) is 15.5. The van der Waals surface area contributed by atoms with Gasteiger partial charge < -0.3 is 23.9 Å². The second-order valence-electron chi connectivity index (χ2n) is 7.16. The van der Waals surface area contributed by atoms with Crippen LogP contribution in [0.3, 0.4) is 0 Å². The summed E-state index contributed by atoms with van der Waals surface area (Å²) in [6.45, 7) is -0.0962. The number of aromatic nitrogens is 3. The highest BCUT2D eigenvalue weighted by atomic mass is 35.5. The smallest absolute Gasteiger partial charge is 0.258 e. The lowest BCUT2D eigenvalue weighted by Crippen LogP contribution is -2.45. The molecule has 0 saturated heterocycles. The Labute approximate surface area is 187 Å². The van der Waals surface area contributed by atoms with Crippen LogP contribution in [0.15, 0.2) is 40.9 Å². The van der Waals surface area contributed by atoms with Crippen molar-refractivity contribution in [3.05, 3.63) is 59.1 Å². The Bertz CT molecular complexity index is 1070. The normalized spacial score (nSPS) is 17.3. The number of nitrogens with one attached hydrogen (secondary N) is 1. The van der Waals surface area contributed by atoms with Crippen molar-refractivity contribution in [3.63, 3.8) is 0 Å². The van der Waals surface area contributed by atoms with Crippen molar-refractivity contribution >= 4 is 17.5 Å². The number of amides is 1. The summed E-state index contributed by atoms with van der Waals surface area (Å²) in [6, 6.07) is 7.41. The molecule has 2 heterocycles. The van der Waals surface area contributed by atoms with E-state index in [1.807, 2.05) is 0 Å². The van der Waals surface area contributed by atoms with Gasteiger partial charge in [0.2, 0.25) is 11.8 Å². The number of ether oxygens (including phenoxy) is 3. The molecule has 0 aliphatic heterocycles. The predicted octanol–water partition coefficient (Wildman–Crippen LogP) is 3.29. The minimum Gasteiger partial charge on any atom is -0.484 e. The van der Waals surface area contributed by atoms with Gasteiger partial charge in [-0.2, -0.15) is 0 Å². The molecular weight excluding hydrogens is 443 g/mol. The molecule has 0 bridgehead atoms.